The molecule has 1 fully saturated rings. The number of aliphatic carboxylic acids is 1. The molecule has 0 atom stereocenters. The van der Waals surface area contributed by atoms with Gasteiger partial charge in [0, 0.05) is 29.2 Å². The SMILES string of the molecule is CCN(CC(=O)O)C1CCN(C(=O)Cc2ccc(Cl)cc2Cl)CC1. The number of likely N-dealkylation sites (tertiary alicyclic amines) is 1. The summed E-state index contributed by atoms with van der Waals surface area (Å²) in [5.74, 6) is -0.772. The molecule has 1 aliphatic heterocycles. The molecule has 0 radical (unpaired) electrons. The smallest absolute Gasteiger partial charge is 0.317 e. The number of nitrogens with zero attached hydrogens (tertiary/aromatic N) is 2. The number of likely N-dealkylation sites (N-methyl/N-ethyl adjacent to an activating group) is 1. The minimum atomic E-state index is -0.812. The Bertz CT molecular complexity index is 601. The second-order valence-electron chi connectivity index (χ2n) is 5.98. The van der Waals surface area contributed by atoms with E-state index < -0.39 is 5.97 Å². The first-order valence-corrected chi connectivity index (χ1v) is 8.83. The summed E-state index contributed by atoms with van der Waals surface area (Å²) in [5, 5.41) is 10.0. The van der Waals surface area contributed by atoms with Gasteiger partial charge < -0.3 is 10.0 Å². The Labute approximate surface area is 152 Å². The van der Waals surface area contributed by atoms with Crippen molar-refractivity contribution in [1.82, 2.24) is 9.80 Å². The predicted molar refractivity (Wildman–Crippen MR) is 94.7 cm³/mol. The highest BCUT2D eigenvalue weighted by atomic mass is 35.5. The molecule has 0 spiro atoms. The monoisotopic (exact) mass is 372 g/mol. The van der Waals surface area contributed by atoms with Gasteiger partial charge in [0.2, 0.25) is 5.91 Å². The molecule has 0 bridgehead atoms. The average Bonchev–Trinajstić information content (AvgIpc) is 2.55. The number of rotatable bonds is 6. The number of amides is 1. The van der Waals surface area contributed by atoms with Crippen LogP contribution in [0.5, 0.6) is 0 Å². The Morgan fingerprint density at radius 2 is 1.96 bits per heavy atom. The van der Waals surface area contributed by atoms with Crippen LogP contribution in [0.1, 0.15) is 25.3 Å². The summed E-state index contributed by atoms with van der Waals surface area (Å²) in [5.41, 5.74) is 0.772. The minimum Gasteiger partial charge on any atom is -0.480 e. The maximum absolute atomic E-state index is 12.5. The first-order valence-electron chi connectivity index (χ1n) is 8.08. The van der Waals surface area contributed by atoms with Crippen LogP contribution in [0.15, 0.2) is 18.2 Å². The van der Waals surface area contributed by atoms with E-state index in [2.05, 4.69) is 0 Å². The van der Waals surface area contributed by atoms with E-state index in [1.54, 1.807) is 18.2 Å². The zero-order valence-corrected chi connectivity index (χ0v) is 15.2. The van der Waals surface area contributed by atoms with Gasteiger partial charge in [-0.3, -0.25) is 14.5 Å². The fourth-order valence-electron chi connectivity index (χ4n) is 3.09. The molecule has 1 amide bonds. The maximum Gasteiger partial charge on any atom is 0.317 e. The van der Waals surface area contributed by atoms with E-state index in [0.29, 0.717) is 29.7 Å². The first-order chi connectivity index (χ1) is 11.4. The summed E-state index contributed by atoms with van der Waals surface area (Å²) < 4.78 is 0. The van der Waals surface area contributed by atoms with Crippen LogP contribution in [0, 0.1) is 0 Å². The highest BCUT2D eigenvalue weighted by Gasteiger charge is 2.27. The number of halogens is 2. The van der Waals surface area contributed by atoms with Crippen molar-refractivity contribution in [1.29, 1.82) is 0 Å². The standard InChI is InChI=1S/C17H22Cl2N2O3/c1-2-20(11-17(23)24)14-5-7-21(8-6-14)16(22)9-12-3-4-13(18)10-15(12)19/h3-4,10,14H,2,5-9,11H2,1H3,(H,23,24). The van der Waals surface area contributed by atoms with Gasteiger partial charge in [0.15, 0.2) is 0 Å². The van der Waals surface area contributed by atoms with Crippen molar-refractivity contribution < 1.29 is 14.7 Å². The molecule has 1 heterocycles. The Morgan fingerprint density at radius 3 is 2.50 bits per heavy atom. The molecule has 0 saturated carbocycles. The van der Waals surface area contributed by atoms with Crippen molar-refractivity contribution in [3.05, 3.63) is 33.8 Å². The molecule has 132 valence electrons. The van der Waals surface area contributed by atoms with Crippen LogP contribution in [0.25, 0.3) is 0 Å². The molecule has 0 unspecified atom stereocenters. The molecule has 24 heavy (non-hydrogen) atoms. The summed E-state index contributed by atoms with van der Waals surface area (Å²) >= 11 is 12.0. The highest BCUT2D eigenvalue weighted by molar-refractivity contribution is 6.35. The second-order valence-corrected chi connectivity index (χ2v) is 6.82. The predicted octanol–water partition coefficient (Wildman–Crippen LogP) is 2.93. The lowest BCUT2D eigenvalue weighted by Crippen LogP contribution is -2.48. The largest absolute Gasteiger partial charge is 0.480 e. The molecule has 7 heteroatoms. The van der Waals surface area contributed by atoms with Crippen LogP contribution in [-0.4, -0.2) is 59.0 Å². The molecule has 2 rings (SSSR count). The molecule has 1 aromatic carbocycles. The Hall–Kier alpha value is -1.30. The number of carboxylic acid groups (broad SMARTS) is 1. The van der Waals surface area contributed by atoms with E-state index in [0.717, 1.165) is 18.4 Å². The lowest BCUT2D eigenvalue weighted by atomic mass is 10.0. The van der Waals surface area contributed by atoms with E-state index in [-0.39, 0.29) is 24.9 Å². The number of carboxylic acids is 1. The van der Waals surface area contributed by atoms with Crippen molar-refractivity contribution in [2.45, 2.75) is 32.2 Å². The topological polar surface area (TPSA) is 60.9 Å². The second kappa shape index (κ2) is 8.70. The number of piperidine rings is 1. The normalized spacial score (nSPS) is 15.8. The summed E-state index contributed by atoms with van der Waals surface area (Å²) in [4.78, 5) is 27.2. The van der Waals surface area contributed by atoms with E-state index in [4.69, 9.17) is 28.3 Å². The van der Waals surface area contributed by atoms with Gasteiger partial charge in [-0.05, 0) is 37.1 Å². The van der Waals surface area contributed by atoms with E-state index in [1.165, 1.54) is 0 Å². The molecule has 0 aliphatic carbocycles. The summed E-state index contributed by atoms with van der Waals surface area (Å²) in [6.07, 6.45) is 1.84. The van der Waals surface area contributed by atoms with Crippen LogP contribution in [0.4, 0.5) is 0 Å². The molecule has 1 aromatic rings. The van der Waals surface area contributed by atoms with E-state index in [9.17, 15) is 9.59 Å². The lowest BCUT2D eigenvalue weighted by Gasteiger charge is -2.37. The molecule has 5 nitrogen and oxygen atoms in total. The molecular formula is C17H22Cl2N2O3. The van der Waals surface area contributed by atoms with Crippen molar-refractivity contribution in [2.24, 2.45) is 0 Å². The lowest BCUT2D eigenvalue weighted by molar-refractivity contribution is -0.140. The van der Waals surface area contributed by atoms with Crippen molar-refractivity contribution in [3.63, 3.8) is 0 Å². The maximum atomic E-state index is 12.5. The zero-order chi connectivity index (χ0) is 17.7. The van der Waals surface area contributed by atoms with Crippen LogP contribution >= 0.6 is 23.2 Å². The first kappa shape index (κ1) is 19.0. The Morgan fingerprint density at radius 1 is 1.29 bits per heavy atom. The van der Waals surface area contributed by atoms with E-state index in [1.807, 2.05) is 16.7 Å². The van der Waals surface area contributed by atoms with Crippen molar-refractivity contribution >= 4 is 35.1 Å². The number of hydrogen-bond donors (Lipinski definition) is 1. The van der Waals surface area contributed by atoms with Crippen LogP contribution in [0.2, 0.25) is 10.0 Å². The van der Waals surface area contributed by atoms with Gasteiger partial charge in [0.25, 0.3) is 0 Å². The van der Waals surface area contributed by atoms with Crippen molar-refractivity contribution in [2.75, 3.05) is 26.2 Å². The van der Waals surface area contributed by atoms with Gasteiger partial charge in [-0.2, -0.15) is 0 Å². The van der Waals surface area contributed by atoms with Gasteiger partial charge in [0.05, 0.1) is 13.0 Å². The van der Waals surface area contributed by atoms with Gasteiger partial charge in [-0.15, -0.1) is 0 Å². The number of carbonyl (C=O) groups excluding carboxylic acids is 1. The van der Waals surface area contributed by atoms with Crippen LogP contribution in [-0.2, 0) is 16.0 Å². The number of hydrogen-bond acceptors (Lipinski definition) is 3. The quantitative estimate of drug-likeness (QED) is 0.833. The van der Waals surface area contributed by atoms with Gasteiger partial charge >= 0.3 is 5.97 Å². The third kappa shape index (κ3) is 5.10. The molecule has 0 aromatic heterocycles. The summed E-state index contributed by atoms with van der Waals surface area (Å²) in [6, 6.07) is 5.37. The molecule has 1 N–H and O–H groups in total. The third-order valence-corrected chi connectivity index (χ3v) is 5.02. The summed E-state index contributed by atoms with van der Waals surface area (Å²) in [7, 11) is 0. The highest BCUT2D eigenvalue weighted by Crippen LogP contribution is 2.23. The van der Waals surface area contributed by atoms with E-state index >= 15 is 0 Å². The Kier molecular flexibility index (Phi) is 6.90. The van der Waals surface area contributed by atoms with Crippen LogP contribution in [0.3, 0.4) is 0 Å². The van der Waals surface area contributed by atoms with Gasteiger partial charge in [-0.1, -0.05) is 36.2 Å². The summed E-state index contributed by atoms with van der Waals surface area (Å²) in [6.45, 7) is 4.00. The van der Waals surface area contributed by atoms with Gasteiger partial charge in [0.1, 0.15) is 0 Å². The minimum absolute atomic E-state index is 0.0407. The molecular weight excluding hydrogens is 351 g/mol. The Balaban J connectivity index is 1.89. The van der Waals surface area contributed by atoms with Gasteiger partial charge in [-0.25, -0.2) is 0 Å². The fraction of sp³-hybridized carbons (Fsp3) is 0.529. The van der Waals surface area contributed by atoms with Crippen molar-refractivity contribution in [3.8, 4) is 0 Å². The number of carbonyl (C=O) groups is 2. The molecule has 1 aliphatic rings. The van der Waals surface area contributed by atoms with Crippen LogP contribution < -0.4 is 0 Å². The molecule has 1 saturated heterocycles. The third-order valence-electron chi connectivity index (χ3n) is 4.43. The fourth-order valence-corrected chi connectivity index (χ4v) is 3.57. The average molecular weight is 373 g/mol. The zero-order valence-electron chi connectivity index (χ0n) is 13.7. The number of benzene rings is 1.